The molecule has 1 fully saturated rings. The monoisotopic (exact) mass is 290 g/mol. The van der Waals surface area contributed by atoms with Crippen molar-refractivity contribution in [3.63, 3.8) is 0 Å². The number of carbonyl (C=O) groups is 1. The van der Waals surface area contributed by atoms with Gasteiger partial charge in [-0.15, -0.1) is 0 Å². The van der Waals surface area contributed by atoms with Crippen LogP contribution in [0, 0.1) is 0 Å². The second-order valence-corrected chi connectivity index (χ2v) is 6.63. The number of hydrogen-bond acceptors (Lipinski definition) is 4. The summed E-state index contributed by atoms with van der Waals surface area (Å²) in [6.07, 6.45) is -0.163. The van der Waals surface area contributed by atoms with Crippen molar-refractivity contribution in [3.05, 3.63) is 29.8 Å². The van der Waals surface area contributed by atoms with Crippen LogP contribution in [0.4, 0.5) is 0 Å². The van der Waals surface area contributed by atoms with Crippen LogP contribution in [0.2, 0.25) is 0 Å². The Morgan fingerprint density at radius 2 is 1.62 bits per heavy atom. The standard InChI is InChI=1S/C16H23BO4/c1-11(2)19-14(18)12-9-7-8-10-13(12)17-20-15(3,4)16(5,6)21-17/h7-11H,1-6H3. The predicted octanol–water partition coefficient (Wildman–Crippen LogP) is 2.55. The summed E-state index contributed by atoms with van der Waals surface area (Å²) in [5.41, 5.74) is 0.325. The molecule has 0 unspecified atom stereocenters. The van der Waals surface area contributed by atoms with E-state index in [1.807, 2.05) is 59.7 Å². The highest BCUT2D eigenvalue weighted by molar-refractivity contribution is 6.63. The molecule has 1 aromatic carbocycles. The Labute approximate surface area is 126 Å². The number of ether oxygens (including phenoxy) is 1. The van der Waals surface area contributed by atoms with Gasteiger partial charge in [0.25, 0.3) is 0 Å². The third-order valence-electron chi connectivity index (χ3n) is 4.03. The predicted molar refractivity (Wildman–Crippen MR) is 82.7 cm³/mol. The van der Waals surface area contributed by atoms with E-state index in [1.54, 1.807) is 6.07 Å². The highest BCUT2D eigenvalue weighted by atomic mass is 16.7. The molecular formula is C16H23BO4. The van der Waals surface area contributed by atoms with E-state index in [9.17, 15) is 4.79 Å². The average Bonchev–Trinajstić information content (AvgIpc) is 2.57. The summed E-state index contributed by atoms with van der Waals surface area (Å²) in [6, 6.07) is 7.27. The number of rotatable bonds is 3. The summed E-state index contributed by atoms with van der Waals surface area (Å²) < 4.78 is 17.3. The van der Waals surface area contributed by atoms with Gasteiger partial charge < -0.3 is 14.0 Å². The van der Waals surface area contributed by atoms with E-state index < -0.39 is 18.3 Å². The van der Waals surface area contributed by atoms with Crippen LogP contribution in [0.5, 0.6) is 0 Å². The lowest BCUT2D eigenvalue weighted by atomic mass is 9.76. The fourth-order valence-corrected chi connectivity index (χ4v) is 2.14. The number of benzene rings is 1. The van der Waals surface area contributed by atoms with E-state index in [2.05, 4.69) is 0 Å². The molecule has 0 aromatic heterocycles. The highest BCUT2D eigenvalue weighted by Crippen LogP contribution is 2.36. The average molecular weight is 290 g/mol. The highest BCUT2D eigenvalue weighted by Gasteiger charge is 2.52. The molecule has 21 heavy (non-hydrogen) atoms. The first-order chi connectivity index (χ1) is 9.64. The zero-order valence-corrected chi connectivity index (χ0v) is 13.6. The van der Waals surface area contributed by atoms with Crippen LogP contribution in [0.15, 0.2) is 24.3 Å². The van der Waals surface area contributed by atoms with Gasteiger partial charge in [0.1, 0.15) is 0 Å². The van der Waals surface area contributed by atoms with Gasteiger partial charge in [0.2, 0.25) is 0 Å². The van der Waals surface area contributed by atoms with Crippen molar-refractivity contribution in [1.29, 1.82) is 0 Å². The molecule has 1 aromatic rings. The maximum atomic E-state index is 12.2. The third-order valence-corrected chi connectivity index (χ3v) is 4.03. The Morgan fingerprint density at radius 1 is 1.10 bits per heavy atom. The van der Waals surface area contributed by atoms with Gasteiger partial charge in [-0.1, -0.05) is 18.2 Å². The van der Waals surface area contributed by atoms with Crippen LogP contribution < -0.4 is 5.46 Å². The maximum Gasteiger partial charge on any atom is 0.495 e. The summed E-state index contributed by atoms with van der Waals surface area (Å²) in [4.78, 5) is 12.2. The molecule has 1 aliphatic rings. The van der Waals surface area contributed by atoms with Gasteiger partial charge in [-0.2, -0.15) is 0 Å². The van der Waals surface area contributed by atoms with Crippen molar-refractivity contribution >= 4 is 18.6 Å². The van der Waals surface area contributed by atoms with Gasteiger partial charge in [-0.3, -0.25) is 0 Å². The van der Waals surface area contributed by atoms with Gasteiger partial charge >= 0.3 is 13.1 Å². The molecule has 0 amide bonds. The molecule has 0 aliphatic carbocycles. The summed E-state index contributed by atoms with van der Waals surface area (Å²) in [5.74, 6) is -0.352. The van der Waals surface area contributed by atoms with Crippen molar-refractivity contribution < 1.29 is 18.8 Å². The molecule has 0 radical (unpaired) electrons. The van der Waals surface area contributed by atoms with Crippen molar-refractivity contribution in [2.75, 3.05) is 0 Å². The maximum absolute atomic E-state index is 12.2. The molecule has 0 spiro atoms. The van der Waals surface area contributed by atoms with Crippen molar-refractivity contribution in [2.24, 2.45) is 0 Å². The van der Waals surface area contributed by atoms with Crippen molar-refractivity contribution in [1.82, 2.24) is 0 Å². The zero-order chi connectivity index (χ0) is 15.8. The Kier molecular flexibility index (Phi) is 4.18. The topological polar surface area (TPSA) is 44.8 Å². The van der Waals surface area contributed by atoms with Crippen molar-refractivity contribution in [2.45, 2.75) is 58.8 Å². The van der Waals surface area contributed by atoms with Crippen LogP contribution >= 0.6 is 0 Å². The first-order valence-corrected chi connectivity index (χ1v) is 7.29. The Bertz CT molecular complexity index is 521. The lowest BCUT2D eigenvalue weighted by Gasteiger charge is -2.32. The number of hydrogen-bond donors (Lipinski definition) is 0. The van der Waals surface area contributed by atoms with Crippen LogP contribution in [-0.2, 0) is 14.0 Å². The van der Waals surface area contributed by atoms with E-state index in [-0.39, 0.29) is 12.1 Å². The van der Waals surface area contributed by atoms with E-state index >= 15 is 0 Å². The second kappa shape index (κ2) is 5.46. The molecule has 1 heterocycles. The minimum Gasteiger partial charge on any atom is -0.459 e. The van der Waals surface area contributed by atoms with Crippen LogP contribution in [0.25, 0.3) is 0 Å². The lowest BCUT2D eigenvalue weighted by molar-refractivity contribution is 0.00578. The fraction of sp³-hybridized carbons (Fsp3) is 0.562. The molecule has 1 saturated heterocycles. The summed E-state index contributed by atoms with van der Waals surface area (Å²) >= 11 is 0. The van der Waals surface area contributed by atoms with Gasteiger partial charge in [0.05, 0.1) is 22.9 Å². The Morgan fingerprint density at radius 3 is 2.14 bits per heavy atom. The van der Waals surface area contributed by atoms with Gasteiger partial charge in [0.15, 0.2) is 0 Å². The molecule has 114 valence electrons. The summed E-state index contributed by atoms with van der Waals surface area (Å²) in [6.45, 7) is 11.6. The summed E-state index contributed by atoms with van der Waals surface area (Å²) in [7, 11) is -0.564. The molecular weight excluding hydrogens is 267 g/mol. The van der Waals surface area contributed by atoms with Gasteiger partial charge in [-0.25, -0.2) is 4.79 Å². The van der Waals surface area contributed by atoms with E-state index in [1.165, 1.54) is 0 Å². The van der Waals surface area contributed by atoms with Gasteiger partial charge in [-0.05, 0) is 53.1 Å². The second-order valence-electron chi connectivity index (χ2n) is 6.63. The molecule has 0 N–H and O–H groups in total. The molecule has 1 aliphatic heterocycles. The third kappa shape index (κ3) is 3.14. The van der Waals surface area contributed by atoms with Crippen LogP contribution in [-0.4, -0.2) is 30.4 Å². The SMILES string of the molecule is CC(C)OC(=O)c1ccccc1B1OC(C)(C)C(C)(C)O1. The summed E-state index contributed by atoms with van der Waals surface area (Å²) in [5, 5.41) is 0. The molecule has 0 bridgehead atoms. The Balaban J connectivity index is 2.32. The zero-order valence-electron chi connectivity index (χ0n) is 13.6. The minimum absolute atomic E-state index is 0.163. The molecule has 4 nitrogen and oxygen atoms in total. The molecule has 0 saturated carbocycles. The normalized spacial score (nSPS) is 19.9. The van der Waals surface area contributed by atoms with Crippen LogP contribution in [0.3, 0.4) is 0 Å². The number of esters is 1. The molecule has 2 rings (SSSR count). The molecule has 5 heteroatoms. The number of carbonyl (C=O) groups excluding carboxylic acids is 1. The van der Waals surface area contributed by atoms with Crippen molar-refractivity contribution in [3.8, 4) is 0 Å². The Hall–Kier alpha value is -1.33. The smallest absolute Gasteiger partial charge is 0.459 e. The van der Waals surface area contributed by atoms with Gasteiger partial charge in [0, 0.05) is 0 Å². The van der Waals surface area contributed by atoms with Crippen LogP contribution in [0.1, 0.15) is 51.9 Å². The fourth-order valence-electron chi connectivity index (χ4n) is 2.14. The lowest BCUT2D eigenvalue weighted by Crippen LogP contribution is -2.41. The largest absolute Gasteiger partial charge is 0.495 e. The quantitative estimate of drug-likeness (QED) is 0.634. The van der Waals surface area contributed by atoms with E-state index in [0.29, 0.717) is 11.0 Å². The molecule has 0 atom stereocenters. The first-order valence-electron chi connectivity index (χ1n) is 7.29. The van der Waals surface area contributed by atoms with E-state index in [4.69, 9.17) is 14.0 Å². The first kappa shape index (κ1) is 16.1. The minimum atomic E-state index is -0.564. The van der Waals surface area contributed by atoms with E-state index in [0.717, 1.165) is 0 Å².